The maximum atomic E-state index is 14.0. The SMILES string of the molecule is CC=C[C@]1(C)[C@H](O)[C@@H](COP(=O)(N[C@@H](C)C(=O)OC(C)C)Oc2ccccc2)O[C@H]1n1cnc2c(OCC)nc(N)nc21. The van der Waals surface area contributed by atoms with Crippen molar-refractivity contribution < 1.29 is 37.7 Å². The summed E-state index contributed by atoms with van der Waals surface area (Å²) in [6.07, 6.45) is 1.79. The predicted molar refractivity (Wildman–Crippen MR) is 158 cm³/mol. The Kier molecular flexibility index (Phi) is 10.1. The number of hydrogen-bond donors (Lipinski definition) is 3. The molecule has 3 heterocycles. The van der Waals surface area contributed by atoms with Crippen molar-refractivity contribution in [3.63, 3.8) is 0 Å². The van der Waals surface area contributed by atoms with E-state index >= 15 is 0 Å². The number of aromatic nitrogens is 4. The fourth-order valence-electron chi connectivity index (χ4n) is 4.79. The van der Waals surface area contributed by atoms with E-state index in [0.717, 1.165) is 0 Å². The number of aliphatic hydroxyl groups excluding tert-OH is 1. The number of hydrogen-bond acceptors (Lipinski definition) is 12. The van der Waals surface area contributed by atoms with Crippen LogP contribution in [0.4, 0.5) is 5.95 Å². The maximum absolute atomic E-state index is 14.0. The average Bonchev–Trinajstić information content (AvgIpc) is 3.46. The normalized spacial score (nSPS) is 24.3. The molecule has 0 saturated carbocycles. The maximum Gasteiger partial charge on any atom is 0.459 e. The van der Waals surface area contributed by atoms with Gasteiger partial charge in [0.25, 0.3) is 0 Å². The van der Waals surface area contributed by atoms with Gasteiger partial charge >= 0.3 is 13.7 Å². The van der Waals surface area contributed by atoms with Crippen LogP contribution >= 0.6 is 7.75 Å². The van der Waals surface area contributed by atoms with E-state index in [1.807, 2.05) is 26.8 Å². The number of benzene rings is 1. The number of anilines is 1. The van der Waals surface area contributed by atoms with Gasteiger partial charge < -0.3 is 29.6 Å². The summed E-state index contributed by atoms with van der Waals surface area (Å²) in [6.45, 7) is 10.3. The molecule has 1 fully saturated rings. The molecule has 14 nitrogen and oxygen atoms in total. The first kappa shape index (κ1) is 32.4. The van der Waals surface area contributed by atoms with E-state index in [2.05, 4.69) is 20.0 Å². The lowest BCUT2D eigenvalue weighted by Crippen LogP contribution is -2.39. The Labute approximate surface area is 250 Å². The highest BCUT2D eigenvalue weighted by atomic mass is 31.2. The molecule has 1 aromatic carbocycles. The van der Waals surface area contributed by atoms with E-state index in [1.54, 1.807) is 54.8 Å². The van der Waals surface area contributed by atoms with Crippen molar-refractivity contribution >= 4 is 30.8 Å². The fourth-order valence-corrected chi connectivity index (χ4v) is 6.29. The minimum atomic E-state index is -4.20. The molecule has 2 aromatic heterocycles. The summed E-state index contributed by atoms with van der Waals surface area (Å²) >= 11 is 0. The van der Waals surface area contributed by atoms with Gasteiger partial charge in [0, 0.05) is 0 Å². The predicted octanol–water partition coefficient (Wildman–Crippen LogP) is 3.78. The molecule has 0 radical (unpaired) electrons. The Balaban J connectivity index is 1.62. The molecule has 0 bridgehead atoms. The highest BCUT2D eigenvalue weighted by molar-refractivity contribution is 7.52. The molecule has 0 spiro atoms. The molecule has 43 heavy (non-hydrogen) atoms. The fraction of sp³-hybridized carbons (Fsp3) is 0.500. The van der Waals surface area contributed by atoms with Crippen LogP contribution in [0.3, 0.4) is 0 Å². The van der Waals surface area contributed by atoms with Crippen molar-refractivity contribution in [2.45, 2.75) is 72.1 Å². The molecule has 3 aromatic rings. The Morgan fingerprint density at radius 1 is 1.28 bits per heavy atom. The zero-order valence-electron chi connectivity index (χ0n) is 25.0. The van der Waals surface area contributed by atoms with Gasteiger partial charge in [-0.15, -0.1) is 0 Å². The number of fused-ring (bicyclic) bond motifs is 1. The topological polar surface area (TPSA) is 182 Å². The van der Waals surface area contributed by atoms with Gasteiger partial charge in [-0.1, -0.05) is 30.4 Å². The van der Waals surface area contributed by atoms with Gasteiger partial charge in [0.05, 0.1) is 37.2 Å². The lowest BCUT2D eigenvalue weighted by Gasteiger charge is -2.30. The van der Waals surface area contributed by atoms with Crippen LogP contribution in [0.1, 0.15) is 47.8 Å². The van der Waals surface area contributed by atoms with Gasteiger partial charge in [0.2, 0.25) is 11.8 Å². The van der Waals surface area contributed by atoms with E-state index in [1.165, 1.54) is 13.3 Å². The van der Waals surface area contributed by atoms with Crippen LogP contribution in [-0.4, -0.2) is 68.2 Å². The number of carbonyl (C=O) groups excluding carboxylic acids is 1. The number of para-hydroxylation sites is 1. The van der Waals surface area contributed by atoms with Gasteiger partial charge in [0.15, 0.2) is 11.2 Å². The Hall–Kier alpha value is -3.55. The van der Waals surface area contributed by atoms with E-state index in [4.69, 9.17) is 29.0 Å². The molecule has 1 aliphatic heterocycles. The number of aliphatic hydroxyl groups is 1. The summed E-state index contributed by atoms with van der Waals surface area (Å²) in [6, 6.07) is 7.35. The minimum absolute atomic E-state index is 0.0148. The largest absolute Gasteiger partial charge is 0.476 e. The van der Waals surface area contributed by atoms with Gasteiger partial charge in [-0.25, -0.2) is 9.55 Å². The number of ether oxygens (including phenoxy) is 3. The summed E-state index contributed by atoms with van der Waals surface area (Å²) in [4.78, 5) is 25.4. The van der Waals surface area contributed by atoms with Crippen molar-refractivity contribution in [3.05, 3.63) is 48.8 Å². The number of rotatable bonds is 13. The first-order valence-electron chi connectivity index (χ1n) is 14.0. The van der Waals surface area contributed by atoms with E-state index in [9.17, 15) is 14.5 Å². The lowest BCUT2D eigenvalue weighted by molar-refractivity contribution is -0.149. The number of esters is 1. The van der Waals surface area contributed by atoms with Gasteiger partial charge in [0.1, 0.15) is 24.1 Å². The number of nitrogens with two attached hydrogens (primary N) is 1. The molecule has 1 aliphatic rings. The Morgan fingerprint density at radius 2 is 2.00 bits per heavy atom. The Morgan fingerprint density at radius 3 is 2.65 bits per heavy atom. The molecular weight excluding hydrogens is 579 g/mol. The van der Waals surface area contributed by atoms with Gasteiger partial charge in [-0.2, -0.15) is 15.1 Å². The number of nitrogen functional groups attached to an aromatic ring is 1. The van der Waals surface area contributed by atoms with Crippen LogP contribution < -0.4 is 20.1 Å². The second kappa shape index (κ2) is 13.4. The smallest absolute Gasteiger partial charge is 0.459 e. The molecule has 1 saturated heterocycles. The summed E-state index contributed by atoms with van der Waals surface area (Å²) in [5.41, 5.74) is 5.68. The molecule has 0 amide bonds. The van der Waals surface area contributed by atoms with Crippen molar-refractivity contribution in [2.24, 2.45) is 5.41 Å². The Bertz CT molecular complexity index is 1480. The first-order chi connectivity index (χ1) is 20.4. The van der Waals surface area contributed by atoms with Crippen molar-refractivity contribution in [3.8, 4) is 11.6 Å². The number of nitrogens with zero attached hydrogens (tertiary/aromatic N) is 4. The molecule has 0 aliphatic carbocycles. The highest BCUT2D eigenvalue weighted by Gasteiger charge is 2.53. The number of carbonyl (C=O) groups is 1. The summed E-state index contributed by atoms with van der Waals surface area (Å²) < 4.78 is 44.4. The van der Waals surface area contributed by atoms with Crippen LogP contribution in [-0.2, 0) is 23.4 Å². The van der Waals surface area contributed by atoms with Crippen LogP contribution in [0, 0.1) is 5.41 Å². The van der Waals surface area contributed by atoms with Crippen molar-refractivity contribution in [1.82, 2.24) is 24.6 Å². The minimum Gasteiger partial charge on any atom is -0.476 e. The number of nitrogens with one attached hydrogen (secondary N) is 1. The molecule has 234 valence electrons. The third-order valence-corrected chi connectivity index (χ3v) is 8.37. The van der Waals surface area contributed by atoms with E-state index in [-0.39, 0.29) is 30.3 Å². The van der Waals surface area contributed by atoms with Crippen molar-refractivity contribution in [1.29, 1.82) is 0 Å². The molecule has 1 unspecified atom stereocenters. The summed E-state index contributed by atoms with van der Waals surface area (Å²) in [5, 5.41) is 14.2. The third-order valence-electron chi connectivity index (χ3n) is 6.73. The monoisotopic (exact) mass is 618 g/mol. The van der Waals surface area contributed by atoms with E-state index in [0.29, 0.717) is 17.8 Å². The summed E-state index contributed by atoms with van der Waals surface area (Å²) in [7, 11) is -4.20. The second-order valence-electron chi connectivity index (χ2n) is 10.5. The molecule has 15 heteroatoms. The number of allylic oxidation sites excluding steroid dienone is 1. The van der Waals surface area contributed by atoms with E-state index < -0.39 is 43.6 Å². The first-order valence-corrected chi connectivity index (χ1v) is 15.5. The van der Waals surface area contributed by atoms with Crippen LogP contribution in [0.2, 0.25) is 0 Å². The quantitative estimate of drug-likeness (QED) is 0.143. The van der Waals surface area contributed by atoms with Crippen LogP contribution in [0.25, 0.3) is 11.2 Å². The van der Waals surface area contributed by atoms with Crippen molar-refractivity contribution in [2.75, 3.05) is 18.9 Å². The average molecular weight is 619 g/mol. The zero-order chi connectivity index (χ0) is 31.4. The summed E-state index contributed by atoms with van der Waals surface area (Å²) in [5.74, 6) is -0.170. The van der Waals surface area contributed by atoms with Crippen LogP contribution in [0.15, 0.2) is 48.8 Å². The molecule has 6 atom stereocenters. The van der Waals surface area contributed by atoms with Gasteiger partial charge in [-0.3, -0.25) is 13.9 Å². The highest BCUT2D eigenvalue weighted by Crippen LogP contribution is 2.50. The lowest BCUT2D eigenvalue weighted by atomic mass is 9.82. The third kappa shape index (κ3) is 7.16. The second-order valence-corrected chi connectivity index (χ2v) is 12.2. The molecular formula is C28H39N6O8P. The standard InChI is InChI=1S/C28H39N6O8P/c1-7-14-28(6)22(35)20(41-26(28)34-16-30-21-23(34)31-27(29)32-24(21)38-8-2)15-39-43(37,42-19-12-10-9-11-13-19)33-18(5)25(36)40-17(3)4/h7,9-14,16-18,20,22,26,35H,8,15H2,1-6H3,(H,33,37)(H2,29,31,32)/t18-,20+,22+,26+,28+,43?/m0/s1. The molecule has 4 N–H and O–H groups in total. The molecule has 4 rings (SSSR count). The van der Waals surface area contributed by atoms with Gasteiger partial charge in [-0.05, 0) is 53.7 Å². The number of imidazole rings is 1. The van der Waals surface area contributed by atoms with Crippen LogP contribution in [0.5, 0.6) is 11.6 Å². The zero-order valence-corrected chi connectivity index (χ0v) is 25.9.